The lowest BCUT2D eigenvalue weighted by molar-refractivity contribution is 0.562. The summed E-state index contributed by atoms with van der Waals surface area (Å²) in [5, 5.41) is 10.8. The van der Waals surface area contributed by atoms with Gasteiger partial charge in [0.2, 0.25) is 12.2 Å². The molecule has 0 aliphatic rings. The van der Waals surface area contributed by atoms with Crippen LogP contribution in [0, 0.1) is 10.8 Å². The van der Waals surface area contributed by atoms with Gasteiger partial charge < -0.3 is 0 Å². The summed E-state index contributed by atoms with van der Waals surface area (Å²) in [4.78, 5) is 16.7. The number of benzene rings is 1. The van der Waals surface area contributed by atoms with Crippen LogP contribution >= 0.6 is 0 Å². The van der Waals surface area contributed by atoms with Gasteiger partial charge in [0, 0.05) is 0 Å². The maximum Gasteiger partial charge on any atom is 0.231 e. The number of hydrogen-bond donors (Lipinski definition) is 2. The van der Waals surface area contributed by atoms with Crippen molar-refractivity contribution in [1.82, 2.24) is 0 Å². The molecule has 0 atom stereocenters. The third kappa shape index (κ3) is 10.3. The van der Waals surface area contributed by atoms with Crippen molar-refractivity contribution < 1.29 is 9.59 Å². The van der Waals surface area contributed by atoms with Crippen LogP contribution in [0.15, 0.2) is 30.3 Å². The second-order valence-electron chi connectivity index (χ2n) is 3.13. The van der Waals surface area contributed by atoms with Gasteiger partial charge >= 0.3 is 0 Å². The highest BCUT2D eigenvalue weighted by Gasteiger charge is 2.03. The molecule has 2 N–H and O–H groups in total. The van der Waals surface area contributed by atoms with Crippen LogP contribution in [0.4, 0.5) is 0 Å². The molecule has 1 rings (SSSR count). The van der Waals surface area contributed by atoms with Crippen LogP contribution in [0.25, 0.3) is 0 Å². The van der Waals surface area contributed by atoms with Crippen molar-refractivity contribution in [2.45, 2.75) is 32.6 Å². The predicted octanol–water partition coefficient (Wildman–Crippen LogP) is 3.39. The quantitative estimate of drug-likeness (QED) is 0.620. The van der Waals surface area contributed by atoms with Gasteiger partial charge in [0.15, 0.2) is 0 Å². The summed E-state index contributed by atoms with van der Waals surface area (Å²) in [6.45, 7) is 4.50. The minimum atomic E-state index is 0.750. The van der Waals surface area contributed by atoms with E-state index < -0.39 is 0 Å². The number of rotatable bonds is 3. The van der Waals surface area contributed by atoms with Gasteiger partial charge in [-0.3, -0.25) is 0 Å². The topological polar surface area (TPSA) is 81.8 Å². The first kappa shape index (κ1) is 17.4. The highest BCUT2D eigenvalue weighted by molar-refractivity contribution is 5.26. The van der Waals surface area contributed by atoms with E-state index in [2.05, 4.69) is 44.2 Å². The van der Waals surface area contributed by atoms with E-state index >= 15 is 0 Å². The Morgan fingerprint density at radius 2 is 1.35 bits per heavy atom. The maximum absolute atomic E-state index is 8.35. The van der Waals surface area contributed by atoms with Gasteiger partial charge in [-0.2, -0.15) is 0 Å². The summed E-state index contributed by atoms with van der Waals surface area (Å²) in [5.41, 5.74) is 1.48. The van der Waals surface area contributed by atoms with E-state index in [9.17, 15) is 0 Å². The molecule has 0 heterocycles. The molecule has 0 saturated heterocycles. The molecule has 0 aromatic heterocycles. The monoisotopic (exact) mass is 234 g/mol. The Kier molecular flexibility index (Phi) is 14.3. The molecular formula is C13H18N2O2. The molecule has 0 aliphatic carbocycles. The van der Waals surface area contributed by atoms with Crippen molar-refractivity contribution in [2.24, 2.45) is 0 Å². The van der Waals surface area contributed by atoms with E-state index in [1.54, 1.807) is 0 Å². The van der Waals surface area contributed by atoms with Crippen molar-refractivity contribution in [3.63, 3.8) is 0 Å². The molecule has 0 radical (unpaired) electrons. The van der Waals surface area contributed by atoms with Crippen LogP contribution in [-0.2, 0) is 9.59 Å². The summed E-state index contributed by atoms with van der Waals surface area (Å²) >= 11 is 0. The van der Waals surface area contributed by atoms with Gasteiger partial charge in [-0.15, -0.1) is 0 Å². The van der Waals surface area contributed by atoms with Gasteiger partial charge in [0.05, 0.1) is 0 Å². The highest BCUT2D eigenvalue weighted by atomic mass is 16.1. The fourth-order valence-electron chi connectivity index (χ4n) is 1.49. The van der Waals surface area contributed by atoms with E-state index in [0.29, 0.717) is 0 Å². The molecule has 0 unspecified atom stereocenters. The molecule has 1 aromatic carbocycles. The first-order valence-electron chi connectivity index (χ1n) is 5.34. The molecule has 0 bridgehead atoms. The molecule has 92 valence electrons. The zero-order valence-corrected chi connectivity index (χ0v) is 10.2. The van der Waals surface area contributed by atoms with E-state index in [0.717, 1.165) is 18.1 Å². The maximum atomic E-state index is 8.35. The first-order valence-corrected chi connectivity index (χ1v) is 5.34. The second kappa shape index (κ2) is 14.0. The van der Waals surface area contributed by atoms with Crippen LogP contribution in [0.5, 0.6) is 0 Å². The Bertz CT molecular complexity index is 322. The third-order valence-corrected chi connectivity index (χ3v) is 2.26. The predicted molar refractivity (Wildman–Crippen MR) is 66.6 cm³/mol. The zero-order valence-electron chi connectivity index (χ0n) is 10.2. The highest BCUT2D eigenvalue weighted by Crippen LogP contribution is 2.21. The summed E-state index contributed by atoms with van der Waals surface area (Å²) in [7, 11) is 0. The van der Waals surface area contributed by atoms with Crippen LogP contribution in [0.3, 0.4) is 0 Å². The average Bonchev–Trinajstić information content (AvgIpc) is 2.34. The molecule has 4 nitrogen and oxygen atoms in total. The molecule has 1 aromatic rings. The van der Waals surface area contributed by atoms with Crippen molar-refractivity contribution >= 4 is 12.2 Å². The SMILES string of the molecule is CCC(CC)c1ccccc1.N=C=O.N=C=O. The smallest absolute Gasteiger partial charge is 0.222 e. The lowest BCUT2D eigenvalue weighted by atomic mass is 9.94. The van der Waals surface area contributed by atoms with Crippen LogP contribution < -0.4 is 0 Å². The van der Waals surface area contributed by atoms with Crippen LogP contribution in [0.2, 0.25) is 0 Å². The number of isocyanates is 2. The zero-order chi connectivity index (χ0) is 13.5. The summed E-state index contributed by atoms with van der Waals surface area (Å²) in [6, 6.07) is 10.8. The standard InChI is InChI=1S/C11H16.2CHNO/c1-3-10(4-2)11-8-6-5-7-9-11;2*2-1-3/h5-10H,3-4H2,1-2H3;2*2H. The minimum Gasteiger partial charge on any atom is -0.222 e. The van der Waals surface area contributed by atoms with E-state index in [1.165, 1.54) is 18.4 Å². The lowest BCUT2D eigenvalue weighted by Gasteiger charge is -2.11. The normalized spacial score (nSPS) is 7.71. The Labute approximate surface area is 102 Å². The Morgan fingerprint density at radius 1 is 1.00 bits per heavy atom. The average molecular weight is 234 g/mol. The lowest BCUT2D eigenvalue weighted by Crippen LogP contribution is -1.93. The first-order chi connectivity index (χ1) is 8.21. The van der Waals surface area contributed by atoms with Gasteiger partial charge in [0.1, 0.15) is 0 Å². The summed E-state index contributed by atoms with van der Waals surface area (Å²) in [6.07, 6.45) is 4.00. The molecule has 0 fully saturated rings. The van der Waals surface area contributed by atoms with Crippen molar-refractivity contribution in [3.05, 3.63) is 35.9 Å². The van der Waals surface area contributed by atoms with Crippen molar-refractivity contribution in [1.29, 1.82) is 10.8 Å². The van der Waals surface area contributed by atoms with Gasteiger partial charge in [-0.25, -0.2) is 20.4 Å². The Hall–Kier alpha value is -2.02. The van der Waals surface area contributed by atoms with Gasteiger partial charge in [0.25, 0.3) is 0 Å². The van der Waals surface area contributed by atoms with Crippen molar-refractivity contribution in [3.8, 4) is 0 Å². The number of nitrogens with one attached hydrogen (secondary N) is 2. The largest absolute Gasteiger partial charge is 0.231 e. The van der Waals surface area contributed by atoms with E-state index in [-0.39, 0.29) is 0 Å². The second-order valence-corrected chi connectivity index (χ2v) is 3.13. The summed E-state index contributed by atoms with van der Waals surface area (Å²) < 4.78 is 0. The molecule has 0 spiro atoms. The van der Waals surface area contributed by atoms with Crippen molar-refractivity contribution in [2.75, 3.05) is 0 Å². The molecular weight excluding hydrogens is 216 g/mol. The van der Waals surface area contributed by atoms with Gasteiger partial charge in [-0.05, 0) is 24.3 Å². The minimum absolute atomic E-state index is 0.750. The molecule has 4 heteroatoms. The van der Waals surface area contributed by atoms with Crippen LogP contribution in [-0.4, -0.2) is 12.2 Å². The molecule has 0 saturated carbocycles. The molecule has 0 amide bonds. The fourth-order valence-corrected chi connectivity index (χ4v) is 1.49. The van der Waals surface area contributed by atoms with Gasteiger partial charge in [-0.1, -0.05) is 44.2 Å². The Morgan fingerprint density at radius 3 is 1.65 bits per heavy atom. The number of hydrogen-bond acceptors (Lipinski definition) is 4. The summed E-state index contributed by atoms with van der Waals surface area (Å²) in [5.74, 6) is 0.760. The fraction of sp³-hybridized carbons (Fsp3) is 0.385. The van der Waals surface area contributed by atoms with E-state index in [1.807, 2.05) is 0 Å². The molecule has 0 aliphatic heterocycles. The van der Waals surface area contributed by atoms with Crippen LogP contribution in [0.1, 0.15) is 38.2 Å². The molecule has 17 heavy (non-hydrogen) atoms. The van der Waals surface area contributed by atoms with E-state index in [4.69, 9.17) is 20.4 Å². The third-order valence-electron chi connectivity index (χ3n) is 2.26. The Balaban J connectivity index is 0. The number of carbonyl (C=O) groups excluding carboxylic acids is 2.